The minimum atomic E-state index is -0.892. The molecule has 2 N–H and O–H groups in total. The van der Waals surface area contributed by atoms with Crippen LogP contribution in [0.15, 0.2) is 0 Å². The minimum absolute atomic E-state index is 0. The van der Waals surface area contributed by atoms with Crippen LogP contribution in [0.1, 0.15) is 33.6 Å². The van der Waals surface area contributed by atoms with E-state index in [9.17, 15) is 14.4 Å². The van der Waals surface area contributed by atoms with E-state index < -0.39 is 23.8 Å². The Balaban J connectivity index is 0.00000324. The topological polar surface area (TPSA) is 80.5 Å². The quantitative estimate of drug-likeness (QED) is 0.605. The van der Waals surface area contributed by atoms with Crippen molar-refractivity contribution < 1.29 is 14.4 Å². The van der Waals surface area contributed by atoms with Crippen LogP contribution in [-0.2, 0) is 14.4 Å². The number of likely N-dealkylation sites (tertiary alicyclic amines) is 1. The van der Waals surface area contributed by atoms with Gasteiger partial charge in [0, 0.05) is 7.05 Å². The smallest absolute Gasteiger partial charge is 0.240 e. The van der Waals surface area contributed by atoms with Crippen molar-refractivity contribution in [1.82, 2.24) is 4.90 Å². The second kappa shape index (κ2) is 7.01. The fourth-order valence-corrected chi connectivity index (χ4v) is 2.47. The number of ketones is 1. The Labute approximate surface area is 120 Å². The van der Waals surface area contributed by atoms with E-state index in [2.05, 4.69) is 0 Å². The van der Waals surface area contributed by atoms with Crippen LogP contribution in [-0.4, -0.2) is 35.6 Å². The summed E-state index contributed by atoms with van der Waals surface area (Å²) in [5.74, 6) is -2.47. The Morgan fingerprint density at radius 3 is 2.26 bits per heavy atom. The third kappa shape index (κ3) is 3.34. The molecule has 6 heteroatoms. The lowest BCUT2D eigenvalue weighted by Gasteiger charge is -2.21. The lowest BCUT2D eigenvalue weighted by molar-refractivity contribution is -0.139. The molecule has 1 aliphatic heterocycles. The van der Waals surface area contributed by atoms with Gasteiger partial charge < -0.3 is 5.73 Å². The van der Waals surface area contributed by atoms with Crippen molar-refractivity contribution in [2.75, 3.05) is 7.05 Å². The number of nitrogens with zero attached hydrogens (tertiary/aromatic N) is 1. The van der Waals surface area contributed by atoms with Gasteiger partial charge in [0.2, 0.25) is 11.8 Å². The number of hydrogen-bond donors (Lipinski definition) is 1. The molecule has 0 aliphatic carbocycles. The van der Waals surface area contributed by atoms with Crippen molar-refractivity contribution in [3.05, 3.63) is 0 Å². The van der Waals surface area contributed by atoms with Crippen molar-refractivity contribution in [2.45, 2.75) is 39.7 Å². The van der Waals surface area contributed by atoms with Gasteiger partial charge >= 0.3 is 0 Å². The van der Waals surface area contributed by atoms with Gasteiger partial charge in [-0.2, -0.15) is 0 Å². The van der Waals surface area contributed by atoms with E-state index in [1.165, 1.54) is 7.05 Å². The molecule has 0 radical (unpaired) electrons. The first-order valence-electron chi connectivity index (χ1n) is 6.43. The van der Waals surface area contributed by atoms with E-state index in [0.717, 1.165) is 17.7 Å². The molecule has 0 saturated carbocycles. The first kappa shape index (κ1) is 18.1. The van der Waals surface area contributed by atoms with Crippen LogP contribution in [0.5, 0.6) is 0 Å². The first-order valence-corrected chi connectivity index (χ1v) is 6.43. The highest BCUT2D eigenvalue weighted by molar-refractivity contribution is 6.16. The number of rotatable bonds is 5. The zero-order chi connectivity index (χ0) is 14.0. The Bertz CT molecular complexity index is 373. The van der Waals surface area contributed by atoms with Gasteiger partial charge in [0.15, 0.2) is 5.78 Å². The van der Waals surface area contributed by atoms with Crippen LogP contribution >= 0.6 is 12.4 Å². The molecule has 2 unspecified atom stereocenters. The number of halogens is 1. The lowest BCUT2D eigenvalue weighted by atomic mass is 9.83. The summed E-state index contributed by atoms with van der Waals surface area (Å²) >= 11 is 0. The van der Waals surface area contributed by atoms with Crippen LogP contribution < -0.4 is 5.73 Å². The molecule has 2 amide bonds. The van der Waals surface area contributed by atoms with Crippen molar-refractivity contribution in [3.63, 3.8) is 0 Å². The number of nitrogens with two attached hydrogens (primary N) is 1. The molecule has 0 bridgehead atoms. The number of amides is 2. The summed E-state index contributed by atoms with van der Waals surface area (Å²) in [7, 11) is 1.41. The number of carbonyl (C=O) groups excluding carboxylic acids is 3. The van der Waals surface area contributed by atoms with Crippen molar-refractivity contribution in [1.29, 1.82) is 0 Å². The van der Waals surface area contributed by atoms with Crippen LogP contribution in [0.25, 0.3) is 0 Å². The summed E-state index contributed by atoms with van der Waals surface area (Å²) in [6, 6.07) is -0.666. The number of imide groups is 1. The van der Waals surface area contributed by atoms with Crippen LogP contribution in [0.3, 0.4) is 0 Å². The van der Waals surface area contributed by atoms with Crippen molar-refractivity contribution in [3.8, 4) is 0 Å². The molecule has 0 aromatic rings. The number of carbonyl (C=O) groups is 3. The van der Waals surface area contributed by atoms with Crippen LogP contribution in [0.2, 0.25) is 0 Å². The summed E-state index contributed by atoms with van der Waals surface area (Å²) in [5, 5.41) is 0. The van der Waals surface area contributed by atoms with Crippen LogP contribution in [0.4, 0.5) is 0 Å². The van der Waals surface area contributed by atoms with Gasteiger partial charge in [-0.05, 0) is 12.3 Å². The summed E-state index contributed by atoms with van der Waals surface area (Å²) in [6.07, 6.45) is 1.78. The number of hydrogen-bond acceptors (Lipinski definition) is 4. The second-order valence-corrected chi connectivity index (χ2v) is 5.20. The average molecular weight is 291 g/mol. The molecule has 1 saturated heterocycles. The van der Waals surface area contributed by atoms with E-state index in [1.54, 1.807) is 6.92 Å². The zero-order valence-corrected chi connectivity index (χ0v) is 12.7. The van der Waals surface area contributed by atoms with Gasteiger partial charge in [-0.25, -0.2) is 0 Å². The average Bonchev–Trinajstić information content (AvgIpc) is 2.52. The summed E-state index contributed by atoms with van der Waals surface area (Å²) in [5.41, 5.74) is 5.91. The van der Waals surface area contributed by atoms with E-state index in [-0.39, 0.29) is 30.0 Å². The van der Waals surface area contributed by atoms with E-state index >= 15 is 0 Å². The molecular formula is C13H23ClN2O3. The number of Topliss-reactive ketones (excluding diaryl/α,β-unsaturated/α-hetero) is 1. The highest BCUT2D eigenvalue weighted by Gasteiger charge is 2.48. The van der Waals surface area contributed by atoms with E-state index in [1.807, 2.05) is 13.8 Å². The van der Waals surface area contributed by atoms with Gasteiger partial charge in [0.1, 0.15) is 5.92 Å². The third-order valence-corrected chi connectivity index (χ3v) is 3.81. The Hall–Kier alpha value is -0.940. The minimum Gasteiger partial charge on any atom is -0.321 e. The normalized spacial score (nSPS) is 26.1. The largest absolute Gasteiger partial charge is 0.321 e. The molecule has 0 spiro atoms. The molecule has 5 nitrogen and oxygen atoms in total. The molecule has 0 aromatic heterocycles. The van der Waals surface area contributed by atoms with E-state index in [4.69, 9.17) is 5.73 Å². The van der Waals surface area contributed by atoms with Gasteiger partial charge in [0.25, 0.3) is 0 Å². The molecule has 19 heavy (non-hydrogen) atoms. The Kier molecular flexibility index (Phi) is 6.66. The highest BCUT2D eigenvalue weighted by atomic mass is 35.5. The molecule has 4 atom stereocenters. The second-order valence-electron chi connectivity index (χ2n) is 5.20. The third-order valence-electron chi connectivity index (χ3n) is 3.81. The van der Waals surface area contributed by atoms with Crippen molar-refractivity contribution in [2.24, 2.45) is 23.5 Å². The molecule has 1 heterocycles. The lowest BCUT2D eigenvalue weighted by Crippen LogP contribution is -2.44. The predicted molar refractivity (Wildman–Crippen MR) is 74.7 cm³/mol. The van der Waals surface area contributed by atoms with Gasteiger partial charge in [-0.3, -0.25) is 19.3 Å². The summed E-state index contributed by atoms with van der Waals surface area (Å²) < 4.78 is 0. The Morgan fingerprint density at radius 2 is 1.89 bits per heavy atom. The molecule has 1 fully saturated rings. The monoisotopic (exact) mass is 290 g/mol. The fraction of sp³-hybridized carbons (Fsp3) is 0.769. The van der Waals surface area contributed by atoms with Gasteiger partial charge in [-0.1, -0.05) is 27.2 Å². The van der Waals surface area contributed by atoms with E-state index in [0.29, 0.717) is 0 Å². The maximum Gasteiger partial charge on any atom is 0.240 e. The fourth-order valence-electron chi connectivity index (χ4n) is 2.47. The predicted octanol–water partition coefficient (Wildman–Crippen LogP) is 0.992. The Morgan fingerprint density at radius 1 is 1.37 bits per heavy atom. The molecule has 1 aliphatic rings. The SMILES string of the molecule is CCCC(C)C(N)C(=O)[C@@H]1C(=O)N(C)C(=O)[C@H]1C.Cl. The summed E-state index contributed by atoms with van der Waals surface area (Å²) in [4.78, 5) is 36.8. The van der Waals surface area contributed by atoms with Gasteiger partial charge in [0.05, 0.1) is 12.0 Å². The molecular weight excluding hydrogens is 268 g/mol. The van der Waals surface area contributed by atoms with Crippen molar-refractivity contribution >= 4 is 30.0 Å². The maximum atomic E-state index is 12.2. The first-order chi connectivity index (χ1) is 8.32. The maximum absolute atomic E-state index is 12.2. The molecule has 1 rings (SSSR count). The van der Waals surface area contributed by atoms with Gasteiger partial charge in [-0.15, -0.1) is 12.4 Å². The molecule has 0 aromatic carbocycles. The summed E-state index contributed by atoms with van der Waals surface area (Å²) in [6.45, 7) is 5.54. The standard InChI is InChI=1S/C13H22N2O3.ClH/c1-5-6-7(2)10(14)11(16)9-8(3)12(17)15(4)13(9)18;/h7-10H,5-6,14H2,1-4H3;1H/t7?,8-,9+,10?;/m0./s1. The van der Waals surface area contributed by atoms with Crippen LogP contribution in [0, 0.1) is 17.8 Å². The zero-order valence-electron chi connectivity index (χ0n) is 11.9. The molecule has 110 valence electrons. The highest BCUT2D eigenvalue weighted by Crippen LogP contribution is 2.27.